The van der Waals surface area contributed by atoms with Gasteiger partial charge in [0.2, 0.25) is 0 Å². The normalized spacial score (nSPS) is 22.1. The maximum absolute atomic E-state index is 11.7. The standard InChI is InChI=1S/C13H25NO3/c1-12(2,3)17-11(15)14-13(4,5)10-8-6-7-9-16-10/h10H,6-9H2,1-5H3,(H,14,15). The van der Waals surface area contributed by atoms with Gasteiger partial charge in [0.05, 0.1) is 11.6 Å². The van der Waals surface area contributed by atoms with Crippen molar-refractivity contribution >= 4 is 6.09 Å². The fourth-order valence-electron chi connectivity index (χ4n) is 1.96. The van der Waals surface area contributed by atoms with Crippen LogP contribution in [0.5, 0.6) is 0 Å². The highest BCUT2D eigenvalue weighted by molar-refractivity contribution is 5.68. The predicted octanol–water partition coefficient (Wildman–Crippen LogP) is 2.86. The summed E-state index contributed by atoms with van der Waals surface area (Å²) in [5.41, 5.74) is -0.851. The van der Waals surface area contributed by atoms with Crippen molar-refractivity contribution in [2.45, 2.75) is 71.1 Å². The van der Waals surface area contributed by atoms with E-state index < -0.39 is 5.60 Å². The van der Waals surface area contributed by atoms with Crippen molar-refractivity contribution in [1.29, 1.82) is 0 Å². The second kappa shape index (κ2) is 5.25. The van der Waals surface area contributed by atoms with Crippen molar-refractivity contribution in [1.82, 2.24) is 5.32 Å². The van der Waals surface area contributed by atoms with Gasteiger partial charge in [0.1, 0.15) is 5.60 Å². The van der Waals surface area contributed by atoms with Gasteiger partial charge in [0, 0.05) is 6.61 Å². The largest absolute Gasteiger partial charge is 0.444 e. The first kappa shape index (κ1) is 14.3. The number of hydrogen-bond acceptors (Lipinski definition) is 3. The number of hydrogen-bond donors (Lipinski definition) is 1. The molecule has 1 heterocycles. The topological polar surface area (TPSA) is 47.6 Å². The molecule has 0 radical (unpaired) electrons. The SMILES string of the molecule is CC(C)(C)OC(=O)NC(C)(C)C1CCCCO1. The molecule has 0 aromatic heterocycles. The summed E-state index contributed by atoms with van der Waals surface area (Å²) in [6, 6.07) is 0. The number of alkyl carbamates (subject to hydrolysis) is 1. The fraction of sp³-hybridized carbons (Fsp3) is 0.923. The van der Waals surface area contributed by atoms with Crippen molar-refractivity contribution in [3.8, 4) is 0 Å². The number of ether oxygens (including phenoxy) is 2. The average Bonchev–Trinajstić information content (AvgIpc) is 2.15. The summed E-state index contributed by atoms with van der Waals surface area (Å²) in [6.45, 7) is 10.3. The molecule has 1 atom stereocenters. The monoisotopic (exact) mass is 243 g/mol. The van der Waals surface area contributed by atoms with E-state index in [1.807, 2.05) is 34.6 Å². The minimum absolute atomic E-state index is 0.0729. The third-order valence-corrected chi connectivity index (χ3v) is 2.81. The molecule has 0 aromatic carbocycles. The Balaban J connectivity index is 2.50. The van der Waals surface area contributed by atoms with Gasteiger partial charge in [-0.3, -0.25) is 0 Å². The van der Waals surface area contributed by atoms with Gasteiger partial charge >= 0.3 is 6.09 Å². The van der Waals surface area contributed by atoms with Crippen LogP contribution < -0.4 is 5.32 Å². The molecule has 1 rings (SSSR count). The number of carbonyl (C=O) groups is 1. The van der Waals surface area contributed by atoms with Crippen LogP contribution in [0.25, 0.3) is 0 Å². The molecule has 17 heavy (non-hydrogen) atoms. The van der Waals surface area contributed by atoms with Gasteiger partial charge < -0.3 is 14.8 Å². The highest BCUT2D eigenvalue weighted by Crippen LogP contribution is 2.23. The highest BCUT2D eigenvalue weighted by Gasteiger charge is 2.34. The first-order valence-corrected chi connectivity index (χ1v) is 6.33. The van der Waals surface area contributed by atoms with Crippen LogP contribution in [0.4, 0.5) is 4.79 Å². The summed E-state index contributed by atoms with van der Waals surface area (Å²) >= 11 is 0. The van der Waals surface area contributed by atoms with Crippen molar-refractivity contribution in [2.24, 2.45) is 0 Å². The van der Waals surface area contributed by atoms with E-state index in [9.17, 15) is 4.79 Å². The summed E-state index contributed by atoms with van der Waals surface area (Å²) in [4.78, 5) is 11.7. The summed E-state index contributed by atoms with van der Waals surface area (Å²) in [5.74, 6) is 0. The molecule has 1 fully saturated rings. The Bertz CT molecular complexity index is 262. The zero-order valence-corrected chi connectivity index (χ0v) is 11.6. The van der Waals surface area contributed by atoms with E-state index in [1.54, 1.807) is 0 Å². The second-order valence-electron chi connectivity index (χ2n) is 6.20. The maximum Gasteiger partial charge on any atom is 0.408 e. The van der Waals surface area contributed by atoms with Gasteiger partial charge in [-0.2, -0.15) is 0 Å². The molecule has 100 valence electrons. The third kappa shape index (κ3) is 4.94. The summed E-state index contributed by atoms with van der Waals surface area (Å²) < 4.78 is 11.0. The van der Waals surface area contributed by atoms with Crippen molar-refractivity contribution < 1.29 is 14.3 Å². The van der Waals surface area contributed by atoms with E-state index in [2.05, 4.69) is 5.32 Å². The van der Waals surface area contributed by atoms with E-state index in [-0.39, 0.29) is 17.7 Å². The first-order valence-electron chi connectivity index (χ1n) is 6.33. The summed E-state index contributed by atoms with van der Waals surface area (Å²) in [5, 5.41) is 2.90. The van der Waals surface area contributed by atoms with Gasteiger partial charge in [-0.1, -0.05) is 0 Å². The Morgan fingerprint density at radius 2 is 1.88 bits per heavy atom. The number of nitrogens with one attached hydrogen (secondary N) is 1. The van der Waals surface area contributed by atoms with E-state index in [0.717, 1.165) is 25.9 Å². The quantitative estimate of drug-likeness (QED) is 0.811. The molecule has 4 heteroatoms. The highest BCUT2D eigenvalue weighted by atomic mass is 16.6. The molecule has 0 spiro atoms. The predicted molar refractivity (Wildman–Crippen MR) is 67.0 cm³/mol. The lowest BCUT2D eigenvalue weighted by atomic mass is 9.91. The third-order valence-electron chi connectivity index (χ3n) is 2.81. The first-order chi connectivity index (χ1) is 7.71. The van der Waals surface area contributed by atoms with Crippen LogP contribution in [0, 0.1) is 0 Å². The minimum atomic E-state index is -0.465. The molecule has 0 saturated carbocycles. The maximum atomic E-state index is 11.7. The molecular formula is C13H25NO3. The van der Waals surface area contributed by atoms with Gasteiger partial charge in [-0.25, -0.2) is 4.79 Å². The van der Waals surface area contributed by atoms with Gasteiger partial charge in [0.25, 0.3) is 0 Å². The van der Waals surface area contributed by atoms with Crippen LogP contribution >= 0.6 is 0 Å². The van der Waals surface area contributed by atoms with E-state index in [0.29, 0.717) is 0 Å². The molecular weight excluding hydrogens is 218 g/mol. The van der Waals surface area contributed by atoms with Gasteiger partial charge in [-0.05, 0) is 53.9 Å². The van der Waals surface area contributed by atoms with Crippen LogP contribution in [0.1, 0.15) is 53.9 Å². The molecule has 4 nitrogen and oxygen atoms in total. The zero-order valence-electron chi connectivity index (χ0n) is 11.6. The molecule has 1 aliphatic rings. The fourth-order valence-corrected chi connectivity index (χ4v) is 1.96. The van der Waals surface area contributed by atoms with Gasteiger partial charge in [-0.15, -0.1) is 0 Å². The molecule has 0 bridgehead atoms. The number of rotatable bonds is 2. The lowest BCUT2D eigenvalue weighted by Crippen LogP contribution is -2.54. The minimum Gasteiger partial charge on any atom is -0.444 e. The van der Waals surface area contributed by atoms with Crippen LogP contribution in [0.3, 0.4) is 0 Å². The molecule has 0 aliphatic carbocycles. The van der Waals surface area contributed by atoms with Crippen LogP contribution in [-0.4, -0.2) is 29.9 Å². The number of amides is 1. The van der Waals surface area contributed by atoms with Crippen molar-refractivity contribution in [3.63, 3.8) is 0 Å². The Labute approximate surface area is 104 Å². The smallest absolute Gasteiger partial charge is 0.408 e. The molecule has 0 aromatic rings. The Morgan fingerprint density at radius 3 is 2.35 bits per heavy atom. The molecule has 1 saturated heterocycles. The average molecular weight is 243 g/mol. The molecule has 1 unspecified atom stereocenters. The second-order valence-corrected chi connectivity index (χ2v) is 6.20. The van der Waals surface area contributed by atoms with Crippen molar-refractivity contribution in [3.05, 3.63) is 0 Å². The molecule has 1 N–H and O–H groups in total. The van der Waals surface area contributed by atoms with E-state index in [4.69, 9.17) is 9.47 Å². The van der Waals surface area contributed by atoms with Crippen LogP contribution in [-0.2, 0) is 9.47 Å². The summed E-state index contributed by atoms with van der Waals surface area (Å²) in [7, 11) is 0. The molecule has 1 amide bonds. The van der Waals surface area contributed by atoms with Gasteiger partial charge in [0.15, 0.2) is 0 Å². The zero-order chi connectivity index (χ0) is 13.1. The lowest BCUT2D eigenvalue weighted by Gasteiger charge is -2.37. The van der Waals surface area contributed by atoms with Crippen LogP contribution in [0.15, 0.2) is 0 Å². The van der Waals surface area contributed by atoms with E-state index >= 15 is 0 Å². The van der Waals surface area contributed by atoms with E-state index in [1.165, 1.54) is 0 Å². The summed E-state index contributed by atoms with van der Waals surface area (Å²) in [6.07, 6.45) is 2.95. The lowest BCUT2D eigenvalue weighted by molar-refractivity contribution is -0.0373. The van der Waals surface area contributed by atoms with Crippen LogP contribution in [0.2, 0.25) is 0 Å². The Morgan fingerprint density at radius 1 is 1.24 bits per heavy atom. The Hall–Kier alpha value is -0.770. The Kier molecular flexibility index (Phi) is 4.42. The molecule has 1 aliphatic heterocycles. The van der Waals surface area contributed by atoms with Crippen molar-refractivity contribution in [2.75, 3.05) is 6.61 Å². The number of carbonyl (C=O) groups excluding carboxylic acids is 1.